The van der Waals surface area contributed by atoms with Gasteiger partial charge < -0.3 is 19.7 Å². The summed E-state index contributed by atoms with van der Waals surface area (Å²) in [7, 11) is 0. The number of amides is 2. The van der Waals surface area contributed by atoms with Crippen molar-refractivity contribution in [1.29, 1.82) is 0 Å². The van der Waals surface area contributed by atoms with E-state index in [-0.39, 0.29) is 23.9 Å². The van der Waals surface area contributed by atoms with Crippen molar-refractivity contribution >= 4 is 12.0 Å². The third-order valence-corrected chi connectivity index (χ3v) is 5.64. The van der Waals surface area contributed by atoms with Gasteiger partial charge in [-0.25, -0.2) is 9.18 Å². The monoisotopic (exact) mass is 435 g/mol. The van der Waals surface area contributed by atoms with Crippen LogP contribution in [0.4, 0.5) is 9.18 Å². The minimum Gasteiger partial charge on any atom is -0.444 e. The average molecular weight is 436 g/mol. The van der Waals surface area contributed by atoms with Gasteiger partial charge in [0.05, 0.1) is 13.2 Å². The molecule has 1 unspecified atom stereocenters. The molecule has 0 radical (unpaired) electrons. The van der Waals surface area contributed by atoms with Gasteiger partial charge in [-0.05, 0) is 46.1 Å². The van der Waals surface area contributed by atoms with E-state index >= 15 is 0 Å². The molecule has 0 aromatic heterocycles. The Hall–Kier alpha value is -2.19. The van der Waals surface area contributed by atoms with Crippen molar-refractivity contribution in [3.8, 4) is 0 Å². The Morgan fingerprint density at radius 3 is 2.61 bits per heavy atom. The molecule has 2 aliphatic rings. The van der Waals surface area contributed by atoms with Crippen LogP contribution in [0.1, 0.15) is 51.6 Å². The van der Waals surface area contributed by atoms with Crippen molar-refractivity contribution < 1.29 is 23.5 Å². The van der Waals surface area contributed by atoms with Crippen LogP contribution in [0, 0.1) is 5.82 Å². The fourth-order valence-corrected chi connectivity index (χ4v) is 4.19. The quantitative estimate of drug-likeness (QED) is 0.744. The highest BCUT2D eigenvalue weighted by atomic mass is 19.1. The summed E-state index contributed by atoms with van der Waals surface area (Å²) in [5.74, 6) is -0.616. The van der Waals surface area contributed by atoms with Crippen molar-refractivity contribution in [2.75, 3.05) is 39.4 Å². The lowest BCUT2D eigenvalue weighted by atomic mass is 10.0. The Morgan fingerprint density at radius 1 is 1.23 bits per heavy atom. The predicted octanol–water partition coefficient (Wildman–Crippen LogP) is 3.10. The minimum absolute atomic E-state index is 0.0328. The number of ether oxygens (including phenoxy) is 2. The summed E-state index contributed by atoms with van der Waals surface area (Å²) < 4.78 is 25.4. The number of nitrogens with zero attached hydrogens (tertiary/aromatic N) is 2. The molecule has 1 aromatic rings. The summed E-state index contributed by atoms with van der Waals surface area (Å²) in [4.78, 5) is 29.3. The first-order chi connectivity index (χ1) is 14.8. The lowest BCUT2D eigenvalue weighted by molar-refractivity contribution is -0.128. The van der Waals surface area contributed by atoms with Crippen LogP contribution in [-0.4, -0.2) is 72.8 Å². The molecule has 3 rings (SSSR count). The number of carbonyl (C=O) groups excluding carboxylic acids is 2. The normalized spacial score (nSPS) is 21.0. The number of likely N-dealkylation sites (tertiary alicyclic amines) is 1. The molecule has 1 aromatic carbocycles. The summed E-state index contributed by atoms with van der Waals surface area (Å²) in [6.45, 7) is 8.82. The molecule has 2 fully saturated rings. The van der Waals surface area contributed by atoms with E-state index in [0.29, 0.717) is 51.4 Å². The van der Waals surface area contributed by atoms with Gasteiger partial charge in [0.25, 0.3) is 0 Å². The zero-order valence-electron chi connectivity index (χ0n) is 18.7. The molecule has 31 heavy (non-hydrogen) atoms. The minimum atomic E-state index is -0.698. The van der Waals surface area contributed by atoms with E-state index in [9.17, 15) is 14.0 Å². The number of hydrogen-bond donors (Lipinski definition) is 1. The number of carbonyl (C=O) groups is 2. The van der Waals surface area contributed by atoms with Crippen LogP contribution < -0.4 is 5.32 Å². The highest BCUT2D eigenvalue weighted by molar-refractivity contribution is 5.83. The first-order valence-corrected chi connectivity index (χ1v) is 11.1. The van der Waals surface area contributed by atoms with Gasteiger partial charge >= 0.3 is 6.09 Å². The van der Waals surface area contributed by atoms with E-state index < -0.39 is 11.6 Å². The summed E-state index contributed by atoms with van der Waals surface area (Å²) in [5.41, 5.74) is -0.165. The molecule has 0 aliphatic carbocycles. The molecule has 2 aliphatic heterocycles. The second kappa shape index (κ2) is 10.4. The van der Waals surface area contributed by atoms with Crippen LogP contribution in [-0.2, 0) is 14.3 Å². The molecule has 2 heterocycles. The summed E-state index contributed by atoms with van der Waals surface area (Å²) in [6, 6.07) is 5.75. The van der Waals surface area contributed by atoms with Crippen molar-refractivity contribution in [1.82, 2.24) is 15.1 Å². The van der Waals surface area contributed by atoms with Crippen molar-refractivity contribution in [2.24, 2.45) is 0 Å². The van der Waals surface area contributed by atoms with Gasteiger partial charge in [-0.2, -0.15) is 0 Å². The molecule has 1 N–H and O–H groups in total. The van der Waals surface area contributed by atoms with Gasteiger partial charge in [0, 0.05) is 37.8 Å². The second-order valence-corrected chi connectivity index (χ2v) is 9.12. The molecule has 7 nitrogen and oxygen atoms in total. The maximum Gasteiger partial charge on any atom is 0.410 e. The Morgan fingerprint density at radius 2 is 1.94 bits per heavy atom. The van der Waals surface area contributed by atoms with Gasteiger partial charge in [-0.1, -0.05) is 18.2 Å². The van der Waals surface area contributed by atoms with Gasteiger partial charge in [0.15, 0.2) is 0 Å². The zero-order chi connectivity index (χ0) is 22.4. The summed E-state index contributed by atoms with van der Waals surface area (Å²) >= 11 is 0. The lowest BCUT2D eigenvalue weighted by Crippen LogP contribution is -2.47. The van der Waals surface area contributed by atoms with Crippen LogP contribution in [0.2, 0.25) is 0 Å². The van der Waals surface area contributed by atoms with Crippen LogP contribution >= 0.6 is 0 Å². The van der Waals surface area contributed by atoms with Crippen molar-refractivity contribution in [2.45, 2.75) is 57.7 Å². The molecular weight excluding hydrogens is 401 g/mol. The number of nitrogens with one attached hydrogen (secondary N) is 1. The van der Waals surface area contributed by atoms with Crippen LogP contribution in [0.3, 0.4) is 0 Å². The third kappa shape index (κ3) is 6.40. The molecule has 0 spiro atoms. The SMILES string of the molecule is CC(C)(C)OC(=O)N1CCC[C@@H]1CCNC(=O)C(c1ccccc1F)N1CCOCC1. The molecule has 2 atom stereocenters. The van der Waals surface area contributed by atoms with Crippen LogP contribution in [0.5, 0.6) is 0 Å². The first-order valence-electron chi connectivity index (χ1n) is 11.1. The van der Waals surface area contributed by atoms with Crippen LogP contribution in [0.15, 0.2) is 24.3 Å². The largest absolute Gasteiger partial charge is 0.444 e. The highest BCUT2D eigenvalue weighted by Crippen LogP contribution is 2.26. The Bertz CT molecular complexity index is 761. The topological polar surface area (TPSA) is 71.1 Å². The van der Waals surface area contributed by atoms with E-state index in [2.05, 4.69) is 5.32 Å². The highest BCUT2D eigenvalue weighted by Gasteiger charge is 2.33. The second-order valence-electron chi connectivity index (χ2n) is 9.12. The molecular formula is C23H34FN3O4. The van der Waals surface area contributed by atoms with E-state index in [0.717, 1.165) is 12.8 Å². The molecule has 2 saturated heterocycles. The van der Waals surface area contributed by atoms with Crippen LogP contribution in [0.25, 0.3) is 0 Å². The molecule has 0 saturated carbocycles. The zero-order valence-corrected chi connectivity index (χ0v) is 18.7. The van der Waals surface area contributed by atoms with E-state index in [1.54, 1.807) is 23.1 Å². The van der Waals surface area contributed by atoms with Gasteiger partial charge in [0.1, 0.15) is 17.5 Å². The smallest absolute Gasteiger partial charge is 0.410 e. The van der Waals surface area contributed by atoms with Crippen molar-refractivity contribution in [3.63, 3.8) is 0 Å². The third-order valence-electron chi connectivity index (χ3n) is 5.64. The molecule has 8 heteroatoms. The fraction of sp³-hybridized carbons (Fsp3) is 0.652. The molecule has 172 valence electrons. The molecule has 0 bridgehead atoms. The van der Waals surface area contributed by atoms with Crippen molar-refractivity contribution in [3.05, 3.63) is 35.6 Å². The van der Waals surface area contributed by atoms with E-state index in [1.165, 1.54) is 6.07 Å². The number of halogens is 1. The average Bonchev–Trinajstić information content (AvgIpc) is 3.18. The van der Waals surface area contributed by atoms with E-state index in [1.807, 2.05) is 25.7 Å². The lowest BCUT2D eigenvalue weighted by Gasteiger charge is -2.34. The maximum atomic E-state index is 14.5. The number of benzene rings is 1. The summed E-state index contributed by atoms with van der Waals surface area (Å²) in [6.07, 6.45) is 2.13. The van der Waals surface area contributed by atoms with Gasteiger partial charge in [-0.3, -0.25) is 9.69 Å². The Kier molecular flexibility index (Phi) is 7.89. The number of hydrogen-bond acceptors (Lipinski definition) is 5. The Labute approximate surface area is 183 Å². The van der Waals surface area contributed by atoms with Gasteiger partial charge in [-0.15, -0.1) is 0 Å². The summed E-state index contributed by atoms with van der Waals surface area (Å²) in [5, 5.41) is 2.97. The maximum absolute atomic E-state index is 14.5. The van der Waals surface area contributed by atoms with Gasteiger partial charge in [0.2, 0.25) is 5.91 Å². The molecule has 2 amide bonds. The predicted molar refractivity (Wildman–Crippen MR) is 115 cm³/mol. The van der Waals surface area contributed by atoms with E-state index in [4.69, 9.17) is 9.47 Å². The fourth-order valence-electron chi connectivity index (χ4n) is 4.19. The first kappa shape index (κ1) is 23.5. The Balaban J connectivity index is 1.60. The number of morpholine rings is 1. The standard InChI is InChI=1S/C23H34FN3O4/c1-23(2,3)31-22(29)27-12-6-7-17(27)10-11-25-21(28)20(26-13-15-30-16-14-26)18-8-4-5-9-19(18)24/h4-5,8-9,17,20H,6-7,10-16H2,1-3H3,(H,25,28)/t17-,20?/m1/s1. The number of rotatable bonds is 6.